The van der Waals surface area contributed by atoms with Crippen LogP contribution in [0.4, 0.5) is 0 Å². The number of hydrogen-bond donors (Lipinski definition) is 1. The van der Waals surface area contributed by atoms with Crippen molar-refractivity contribution in [2.75, 3.05) is 20.8 Å². The van der Waals surface area contributed by atoms with Gasteiger partial charge in [-0.2, -0.15) is 0 Å². The molecular weight excluding hydrogens is 321 g/mol. The Bertz CT molecular complexity index is 610. The molecule has 0 fully saturated rings. The maximum atomic E-state index is 6.17. The highest BCUT2D eigenvalue weighted by Crippen LogP contribution is 2.22. The van der Waals surface area contributed by atoms with Gasteiger partial charge < -0.3 is 14.8 Å². The molecule has 0 saturated heterocycles. The first-order valence-electron chi connectivity index (χ1n) is 7.10. The highest BCUT2D eigenvalue weighted by Gasteiger charge is 2.05. The standard InChI is InChI=1S/C17H19Cl2NO2/c1-21-15-7-12(8-16(10-15)22-2)11-20-6-5-13-3-4-14(18)9-17(13)19/h3-4,7-10,20H,5-6,11H2,1-2H3/p+1. The molecule has 2 aromatic rings. The maximum Gasteiger partial charge on any atom is 0.123 e. The van der Waals surface area contributed by atoms with E-state index in [0.717, 1.165) is 41.6 Å². The van der Waals surface area contributed by atoms with E-state index < -0.39 is 0 Å². The van der Waals surface area contributed by atoms with Crippen LogP contribution in [0.15, 0.2) is 36.4 Å². The van der Waals surface area contributed by atoms with Crippen molar-refractivity contribution in [3.8, 4) is 11.5 Å². The Morgan fingerprint density at radius 1 is 0.955 bits per heavy atom. The number of benzene rings is 2. The van der Waals surface area contributed by atoms with Crippen molar-refractivity contribution in [3.63, 3.8) is 0 Å². The van der Waals surface area contributed by atoms with Crippen LogP contribution < -0.4 is 14.8 Å². The van der Waals surface area contributed by atoms with E-state index in [1.54, 1.807) is 20.3 Å². The van der Waals surface area contributed by atoms with Gasteiger partial charge in [0.25, 0.3) is 0 Å². The molecule has 0 atom stereocenters. The molecule has 2 rings (SSSR count). The zero-order valence-corrected chi connectivity index (χ0v) is 14.2. The predicted molar refractivity (Wildman–Crippen MR) is 90.2 cm³/mol. The van der Waals surface area contributed by atoms with Crippen LogP contribution >= 0.6 is 23.2 Å². The molecule has 0 amide bonds. The van der Waals surface area contributed by atoms with Crippen LogP contribution in [0.1, 0.15) is 11.1 Å². The third kappa shape index (κ3) is 4.80. The SMILES string of the molecule is COc1cc(C[NH2+]CCc2ccc(Cl)cc2Cl)cc(OC)c1. The summed E-state index contributed by atoms with van der Waals surface area (Å²) in [5, 5.41) is 3.63. The number of rotatable bonds is 7. The minimum absolute atomic E-state index is 0.668. The Labute approximate surface area is 141 Å². The monoisotopic (exact) mass is 340 g/mol. The zero-order chi connectivity index (χ0) is 15.9. The van der Waals surface area contributed by atoms with Crippen LogP contribution in [-0.4, -0.2) is 20.8 Å². The summed E-state index contributed by atoms with van der Waals surface area (Å²) in [6.45, 7) is 1.81. The quantitative estimate of drug-likeness (QED) is 0.784. The lowest BCUT2D eigenvalue weighted by atomic mass is 10.1. The minimum Gasteiger partial charge on any atom is -0.497 e. The van der Waals surface area contributed by atoms with E-state index in [9.17, 15) is 0 Å². The third-order valence-electron chi connectivity index (χ3n) is 3.42. The fourth-order valence-electron chi connectivity index (χ4n) is 2.23. The van der Waals surface area contributed by atoms with Gasteiger partial charge in [-0.3, -0.25) is 0 Å². The first-order valence-corrected chi connectivity index (χ1v) is 7.85. The molecule has 3 nitrogen and oxygen atoms in total. The van der Waals surface area contributed by atoms with E-state index in [0.29, 0.717) is 5.02 Å². The van der Waals surface area contributed by atoms with Gasteiger partial charge in [0.15, 0.2) is 0 Å². The van der Waals surface area contributed by atoms with E-state index in [1.165, 1.54) is 5.56 Å². The molecular formula is C17H20Cl2NO2+. The fraction of sp³-hybridized carbons (Fsp3) is 0.294. The first kappa shape index (κ1) is 16.9. The Hall–Kier alpha value is -1.42. The second-order valence-corrected chi connectivity index (χ2v) is 5.83. The van der Waals surface area contributed by atoms with Crippen molar-refractivity contribution in [1.29, 1.82) is 0 Å². The summed E-state index contributed by atoms with van der Waals surface area (Å²) >= 11 is 12.1. The number of ether oxygens (including phenoxy) is 2. The van der Waals surface area contributed by atoms with E-state index in [1.807, 2.05) is 30.3 Å². The molecule has 0 aliphatic heterocycles. The van der Waals surface area contributed by atoms with Gasteiger partial charge in [0.2, 0.25) is 0 Å². The molecule has 2 aromatic carbocycles. The summed E-state index contributed by atoms with van der Waals surface area (Å²) in [5.74, 6) is 1.62. The van der Waals surface area contributed by atoms with Gasteiger partial charge in [-0.25, -0.2) is 0 Å². The predicted octanol–water partition coefficient (Wildman–Crippen LogP) is 3.32. The summed E-state index contributed by atoms with van der Waals surface area (Å²) in [7, 11) is 3.32. The van der Waals surface area contributed by atoms with Crippen LogP contribution in [0.25, 0.3) is 0 Å². The van der Waals surface area contributed by atoms with Crippen molar-refractivity contribution in [2.45, 2.75) is 13.0 Å². The number of quaternary nitrogens is 1. The minimum atomic E-state index is 0.668. The molecule has 0 heterocycles. The van der Waals surface area contributed by atoms with Crippen molar-refractivity contribution in [1.82, 2.24) is 0 Å². The van der Waals surface area contributed by atoms with E-state index in [-0.39, 0.29) is 0 Å². The van der Waals surface area contributed by atoms with Crippen LogP contribution in [0.5, 0.6) is 11.5 Å². The second kappa shape index (κ2) is 8.28. The Morgan fingerprint density at radius 2 is 1.64 bits per heavy atom. The average Bonchev–Trinajstić information content (AvgIpc) is 2.52. The lowest BCUT2D eigenvalue weighted by Gasteiger charge is -2.08. The number of halogens is 2. The zero-order valence-electron chi connectivity index (χ0n) is 12.7. The largest absolute Gasteiger partial charge is 0.497 e. The maximum absolute atomic E-state index is 6.17. The molecule has 0 aromatic heterocycles. The number of methoxy groups -OCH3 is 2. The highest BCUT2D eigenvalue weighted by molar-refractivity contribution is 6.35. The van der Waals surface area contributed by atoms with E-state index in [2.05, 4.69) is 5.32 Å². The van der Waals surface area contributed by atoms with Gasteiger partial charge in [0, 0.05) is 28.1 Å². The molecule has 0 saturated carbocycles. The fourth-order valence-corrected chi connectivity index (χ4v) is 2.74. The van der Waals surface area contributed by atoms with Gasteiger partial charge in [0.1, 0.15) is 18.0 Å². The summed E-state index contributed by atoms with van der Waals surface area (Å²) in [4.78, 5) is 0. The molecule has 0 unspecified atom stereocenters. The van der Waals surface area contributed by atoms with Crippen molar-refractivity contribution in [3.05, 3.63) is 57.6 Å². The van der Waals surface area contributed by atoms with E-state index in [4.69, 9.17) is 32.7 Å². The number of nitrogens with two attached hydrogens (primary N) is 1. The second-order valence-electron chi connectivity index (χ2n) is 4.99. The number of hydrogen-bond acceptors (Lipinski definition) is 2. The average molecular weight is 341 g/mol. The topological polar surface area (TPSA) is 35.1 Å². The molecule has 2 N–H and O–H groups in total. The smallest absolute Gasteiger partial charge is 0.123 e. The molecule has 0 bridgehead atoms. The third-order valence-corrected chi connectivity index (χ3v) is 4.01. The van der Waals surface area contributed by atoms with Crippen molar-refractivity contribution in [2.24, 2.45) is 0 Å². The van der Waals surface area contributed by atoms with Crippen LogP contribution in [0.2, 0.25) is 10.0 Å². The molecule has 0 spiro atoms. The Kier molecular flexibility index (Phi) is 6.37. The normalized spacial score (nSPS) is 10.5. The van der Waals surface area contributed by atoms with Gasteiger partial charge in [-0.1, -0.05) is 29.3 Å². The van der Waals surface area contributed by atoms with Crippen LogP contribution in [0.3, 0.4) is 0 Å². The summed E-state index contributed by atoms with van der Waals surface area (Å²) in [5.41, 5.74) is 2.28. The van der Waals surface area contributed by atoms with Crippen molar-refractivity contribution < 1.29 is 14.8 Å². The van der Waals surface area contributed by atoms with Crippen LogP contribution in [0, 0.1) is 0 Å². The highest BCUT2D eigenvalue weighted by atomic mass is 35.5. The molecule has 118 valence electrons. The Morgan fingerprint density at radius 3 is 2.23 bits per heavy atom. The summed E-state index contributed by atoms with van der Waals surface area (Å²) in [6.07, 6.45) is 0.900. The van der Waals surface area contributed by atoms with Gasteiger partial charge in [-0.15, -0.1) is 0 Å². The van der Waals surface area contributed by atoms with Gasteiger partial charge >= 0.3 is 0 Å². The van der Waals surface area contributed by atoms with Crippen LogP contribution in [-0.2, 0) is 13.0 Å². The first-order chi connectivity index (χ1) is 10.6. The molecule has 0 radical (unpaired) electrons. The lowest BCUT2D eigenvalue weighted by molar-refractivity contribution is -0.670. The van der Waals surface area contributed by atoms with Crippen molar-refractivity contribution >= 4 is 23.2 Å². The molecule has 22 heavy (non-hydrogen) atoms. The molecule has 5 heteroatoms. The van der Waals surface area contributed by atoms with E-state index >= 15 is 0 Å². The molecule has 0 aliphatic rings. The lowest BCUT2D eigenvalue weighted by Crippen LogP contribution is -2.83. The summed E-state index contributed by atoms with van der Waals surface area (Å²) in [6, 6.07) is 11.5. The van der Waals surface area contributed by atoms with Gasteiger partial charge in [-0.05, 0) is 29.8 Å². The molecule has 0 aliphatic carbocycles. The summed E-state index contributed by atoms with van der Waals surface area (Å²) < 4.78 is 10.6. The Balaban J connectivity index is 1.88. The van der Waals surface area contributed by atoms with Gasteiger partial charge in [0.05, 0.1) is 20.8 Å².